The van der Waals surface area contributed by atoms with E-state index in [2.05, 4.69) is 48.0 Å². The van der Waals surface area contributed by atoms with E-state index in [0.717, 1.165) is 42.5 Å². The highest BCUT2D eigenvalue weighted by atomic mass is 79.9. The number of alkyl halides is 1. The first-order valence-corrected chi connectivity index (χ1v) is 22.3. The van der Waals surface area contributed by atoms with Gasteiger partial charge in [0.05, 0.1) is 6.61 Å². The van der Waals surface area contributed by atoms with E-state index in [0.29, 0.717) is 13.0 Å². The molecule has 0 heterocycles. The van der Waals surface area contributed by atoms with E-state index in [1.165, 1.54) is 185 Å². The minimum Gasteiger partial charge on any atom is -0.493 e. The maximum Gasteiger partial charge on any atom is 0.306 e. The molecule has 0 fully saturated rings. The summed E-state index contributed by atoms with van der Waals surface area (Å²) in [6.45, 7) is 5.63. The van der Waals surface area contributed by atoms with Crippen LogP contribution in [-0.4, -0.2) is 17.9 Å². The number of ether oxygens (including phenoxy) is 2. The van der Waals surface area contributed by atoms with E-state index in [9.17, 15) is 4.79 Å². The van der Waals surface area contributed by atoms with Crippen LogP contribution in [0.2, 0.25) is 0 Å². The van der Waals surface area contributed by atoms with Gasteiger partial charge in [-0.2, -0.15) is 0 Å². The van der Waals surface area contributed by atoms with Crippen molar-refractivity contribution in [1.29, 1.82) is 0 Å². The van der Waals surface area contributed by atoms with Crippen LogP contribution in [0.1, 0.15) is 224 Å². The zero-order chi connectivity index (χ0) is 34.6. The quantitative estimate of drug-likeness (QED) is 0.0388. The number of hydrogen-bond acceptors (Lipinski definition) is 3. The summed E-state index contributed by atoms with van der Waals surface area (Å²) in [6, 6.07) is 6.55. The molecule has 1 aromatic rings. The van der Waals surface area contributed by atoms with Gasteiger partial charge in [0.25, 0.3) is 0 Å². The molecule has 48 heavy (non-hydrogen) atoms. The van der Waals surface area contributed by atoms with Gasteiger partial charge in [-0.15, -0.1) is 0 Å². The van der Waals surface area contributed by atoms with Crippen molar-refractivity contribution in [2.24, 2.45) is 0 Å². The van der Waals surface area contributed by atoms with E-state index >= 15 is 0 Å². The Morgan fingerprint density at radius 2 is 0.958 bits per heavy atom. The van der Waals surface area contributed by atoms with Crippen molar-refractivity contribution in [2.45, 2.75) is 226 Å². The summed E-state index contributed by atoms with van der Waals surface area (Å²) in [5.74, 6) is 0.783. The number of hydrogen-bond donors (Lipinski definition) is 0. The fourth-order valence-electron chi connectivity index (χ4n) is 6.63. The van der Waals surface area contributed by atoms with E-state index in [1.807, 2.05) is 0 Å². The monoisotopic (exact) mass is 735 g/mol. The summed E-state index contributed by atoms with van der Waals surface area (Å²) >= 11 is 3.40. The molecule has 0 saturated heterocycles. The molecular formula is C44H79BrO3. The van der Waals surface area contributed by atoms with Gasteiger partial charge in [0.1, 0.15) is 12.4 Å². The molecule has 0 unspecified atom stereocenters. The van der Waals surface area contributed by atoms with Crippen LogP contribution in [0.25, 0.3) is 0 Å². The summed E-state index contributed by atoms with van der Waals surface area (Å²) in [5, 5.41) is 0.823. The maximum absolute atomic E-state index is 12.1. The molecule has 0 amide bonds. The molecule has 1 rings (SSSR count). The Labute approximate surface area is 308 Å². The van der Waals surface area contributed by atoms with Crippen molar-refractivity contribution in [3.63, 3.8) is 0 Å². The van der Waals surface area contributed by atoms with Crippen LogP contribution in [0.15, 0.2) is 18.2 Å². The highest BCUT2D eigenvalue weighted by Crippen LogP contribution is 2.24. The van der Waals surface area contributed by atoms with Crippen LogP contribution in [0.4, 0.5) is 0 Å². The third kappa shape index (κ3) is 28.8. The number of rotatable bonds is 37. The number of carbonyl (C=O) groups is 1. The Morgan fingerprint density at radius 3 is 1.40 bits per heavy atom. The normalized spacial score (nSPS) is 11.3. The first kappa shape index (κ1) is 45.0. The van der Waals surface area contributed by atoms with Gasteiger partial charge in [-0.1, -0.05) is 215 Å². The van der Waals surface area contributed by atoms with Gasteiger partial charge in [-0.3, -0.25) is 4.79 Å². The molecule has 0 radical (unpaired) electrons. The second kappa shape index (κ2) is 35.8. The number of esters is 1. The molecular weight excluding hydrogens is 656 g/mol. The van der Waals surface area contributed by atoms with Crippen molar-refractivity contribution in [2.75, 3.05) is 11.9 Å². The molecule has 0 bridgehead atoms. The van der Waals surface area contributed by atoms with E-state index in [4.69, 9.17) is 9.47 Å². The number of halogens is 1. The van der Waals surface area contributed by atoms with Crippen molar-refractivity contribution in [3.8, 4) is 5.75 Å². The molecule has 0 aromatic heterocycles. The van der Waals surface area contributed by atoms with Gasteiger partial charge < -0.3 is 9.47 Å². The van der Waals surface area contributed by atoms with E-state index in [1.54, 1.807) is 0 Å². The highest BCUT2D eigenvalue weighted by Gasteiger charge is 2.10. The van der Waals surface area contributed by atoms with Crippen LogP contribution in [-0.2, 0) is 22.6 Å². The number of unbranched alkanes of at least 4 members (excludes halogenated alkanes) is 27. The minimum atomic E-state index is -0.130. The Kier molecular flexibility index (Phi) is 33.5. The van der Waals surface area contributed by atoms with Crippen molar-refractivity contribution >= 4 is 21.9 Å². The van der Waals surface area contributed by atoms with Gasteiger partial charge in [-0.25, -0.2) is 0 Å². The molecule has 0 atom stereocenters. The van der Waals surface area contributed by atoms with Crippen molar-refractivity contribution in [3.05, 3.63) is 29.3 Å². The standard InChI is InChI=1S/C44H79BrO3/c1-3-5-7-9-11-13-15-17-18-19-21-23-25-27-29-31-38-47-43-39-41(35-36-42(43)40-48-44(46)34-32-37-45)33-30-28-26-24-22-20-16-14-12-10-8-6-4-2/h35-36,39H,3-34,37-38,40H2,1-2H3. The Morgan fingerprint density at radius 1 is 0.542 bits per heavy atom. The Hall–Kier alpha value is -1.03. The molecule has 280 valence electrons. The number of carbonyl (C=O) groups excluding carboxylic acids is 1. The Balaban J connectivity index is 2.24. The number of benzene rings is 1. The molecule has 0 aliphatic carbocycles. The summed E-state index contributed by atoms with van der Waals surface area (Å²) in [4.78, 5) is 12.1. The zero-order valence-electron chi connectivity index (χ0n) is 32.1. The van der Waals surface area contributed by atoms with Crippen LogP contribution in [0.5, 0.6) is 5.75 Å². The van der Waals surface area contributed by atoms with Crippen molar-refractivity contribution in [1.82, 2.24) is 0 Å². The molecule has 0 N–H and O–H groups in total. The first-order chi connectivity index (χ1) is 23.7. The predicted molar refractivity (Wildman–Crippen MR) is 214 cm³/mol. The molecule has 0 saturated carbocycles. The third-order valence-corrected chi connectivity index (χ3v) is 10.4. The lowest BCUT2D eigenvalue weighted by atomic mass is 10.0. The SMILES string of the molecule is CCCCCCCCCCCCCCCCCCOc1cc(CCCCCCCCCCCCCCC)ccc1COC(=O)CCCBr. The third-order valence-electron chi connectivity index (χ3n) is 9.86. The van der Waals surface area contributed by atoms with Crippen LogP contribution >= 0.6 is 15.9 Å². The summed E-state index contributed by atoms with van der Waals surface area (Å²) in [6.07, 6.45) is 42.3. The van der Waals surface area contributed by atoms with E-state index < -0.39 is 0 Å². The van der Waals surface area contributed by atoms with Gasteiger partial charge in [0.15, 0.2) is 0 Å². The lowest BCUT2D eigenvalue weighted by Crippen LogP contribution is -2.07. The maximum atomic E-state index is 12.1. The fourth-order valence-corrected chi connectivity index (χ4v) is 6.91. The summed E-state index contributed by atoms with van der Waals surface area (Å²) in [7, 11) is 0. The highest BCUT2D eigenvalue weighted by molar-refractivity contribution is 9.09. The minimum absolute atomic E-state index is 0.130. The van der Waals surface area contributed by atoms with Gasteiger partial charge in [0.2, 0.25) is 0 Å². The fraction of sp³-hybridized carbons (Fsp3) is 0.841. The van der Waals surface area contributed by atoms with Crippen LogP contribution in [0.3, 0.4) is 0 Å². The average Bonchev–Trinajstić information content (AvgIpc) is 3.10. The topological polar surface area (TPSA) is 35.5 Å². The lowest BCUT2D eigenvalue weighted by Gasteiger charge is -2.14. The second-order valence-electron chi connectivity index (χ2n) is 14.5. The molecule has 3 nitrogen and oxygen atoms in total. The lowest BCUT2D eigenvalue weighted by molar-refractivity contribution is -0.145. The van der Waals surface area contributed by atoms with Crippen LogP contribution in [0, 0.1) is 0 Å². The van der Waals surface area contributed by atoms with Gasteiger partial charge in [-0.05, 0) is 37.3 Å². The molecule has 0 spiro atoms. The molecule has 1 aromatic carbocycles. The molecule has 0 aliphatic rings. The second-order valence-corrected chi connectivity index (χ2v) is 15.3. The smallest absolute Gasteiger partial charge is 0.306 e. The zero-order valence-corrected chi connectivity index (χ0v) is 33.7. The summed E-state index contributed by atoms with van der Waals surface area (Å²) in [5.41, 5.74) is 2.34. The largest absolute Gasteiger partial charge is 0.493 e. The Bertz CT molecular complexity index is 825. The van der Waals surface area contributed by atoms with Crippen LogP contribution < -0.4 is 4.74 Å². The van der Waals surface area contributed by atoms with E-state index in [-0.39, 0.29) is 5.97 Å². The molecule has 0 aliphatic heterocycles. The van der Waals surface area contributed by atoms with Crippen molar-refractivity contribution < 1.29 is 14.3 Å². The number of aryl methyl sites for hydroxylation is 1. The molecule has 4 heteroatoms. The first-order valence-electron chi connectivity index (χ1n) is 21.2. The average molecular weight is 736 g/mol. The van der Waals surface area contributed by atoms with Gasteiger partial charge >= 0.3 is 5.97 Å². The van der Waals surface area contributed by atoms with Gasteiger partial charge in [0, 0.05) is 17.3 Å². The summed E-state index contributed by atoms with van der Waals surface area (Å²) < 4.78 is 11.9. The predicted octanol–water partition coefficient (Wildman–Crippen LogP) is 15.2.